The van der Waals surface area contributed by atoms with E-state index in [0.717, 1.165) is 24.2 Å². The zero-order valence-corrected chi connectivity index (χ0v) is 12.7. The van der Waals surface area contributed by atoms with Crippen LogP contribution in [0.2, 0.25) is 0 Å². The van der Waals surface area contributed by atoms with Crippen molar-refractivity contribution >= 4 is 5.78 Å². The first-order valence-corrected chi connectivity index (χ1v) is 8.01. The first-order chi connectivity index (χ1) is 8.92. The molecule has 0 aromatic rings. The minimum atomic E-state index is -0.155. The van der Waals surface area contributed by atoms with Gasteiger partial charge in [-0.05, 0) is 76.5 Å². The Morgan fingerprint density at radius 3 is 2.00 bits per heavy atom. The summed E-state index contributed by atoms with van der Waals surface area (Å²) in [6, 6.07) is 0. The van der Waals surface area contributed by atoms with Crippen LogP contribution in [0.25, 0.3) is 0 Å². The Hall–Kier alpha value is -0.370. The molecule has 4 saturated carbocycles. The molecule has 0 saturated heterocycles. The number of carbonyl (C=O) groups is 1. The van der Waals surface area contributed by atoms with Crippen molar-refractivity contribution in [1.29, 1.82) is 0 Å². The number of carbonyl (C=O) groups excluding carboxylic acids is 1. The molecule has 0 spiro atoms. The van der Waals surface area contributed by atoms with Crippen molar-refractivity contribution in [3.05, 3.63) is 0 Å². The third-order valence-electron chi connectivity index (χ3n) is 6.14. The average Bonchev–Trinajstić information content (AvgIpc) is 2.34. The highest BCUT2D eigenvalue weighted by atomic mass is 16.5. The van der Waals surface area contributed by atoms with Crippen molar-refractivity contribution in [3.8, 4) is 0 Å². The lowest BCUT2D eigenvalue weighted by molar-refractivity contribution is -0.145. The van der Waals surface area contributed by atoms with Crippen molar-refractivity contribution in [2.75, 3.05) is 7.11 Å². The Bertz CT molecular complexity index is 334. The highest BCUT2D eigenvalue weighted by Gasteiger charge is 2.54. The summed E-state index contributed by atoms with van der Waals surface area (Å²) in [5, 5.41) is 0. The van der Waals surface area contributed by atoms with Crippen LogP contribution in [-0.2, 0) is 9.53 Å². The molecule has 0 amide bonds. The Balaban J connectivity index is 1.66. The fourth-order valence-electron chi connectivity index (χ4n) is 5.23. The first kappa shape index (κ1) is 13.6. The van der Waals surface area contributed by atoms with E-state index in [1.54, 1.807) is 7.11 Å². The topological polar surface area (TPSA) is 26.3 Å². The van der Waals surface area contributed by atoms with Crippen LogP contribution in [0.1, 0.15) is 65.2 Å². The molecule has 4 rings (SSSR count). The Labute approximate surface area is 117 Å². The van der Waals surface area contributed by atoms with Crippen molar-refractivity contribution in [3.63, 3.8) is 0 Å². The van der Waals surface area contributed by atoms with Crippen LogP contribution >= 0.6 is 0 Å². The third-order valence-corrected chi connectivity index (χ3v) is 6.14. The number of Topliss-reactive ketones (excluding diaryl/α,β-unsaturated/α-hetero) is 1. The number of hydrogen-bond acceptors (Lipinski definition) is 2. The molecule has 0 aromatic carbocycles. The summed E-state index contributed by atoms with van der Waals surface area (Å²) in [5.74, 6) is 3.15. The van der Waals surface area contributed by atoms with Crippen LogP contribution < -0.4 is 0 Å². The van der Waals surface area contributed by atoms with E-state index < -0.39 is 0 Å². The highest BCUT2D eigenvalue weighted by molar-refractivity contribution is 5.85. The van der Waals surface area contributed by atoms with Crippen LogP contribution in [-0.4, -0.2) is 18.5 Å². The molecule has 0 unspecified atom stereocenters. The number of rotatable bonds is 5. The van der Waals surface area contributed by atoms with Gasteiger partial charge in [0, 0.05) is 18.9 Å². The van der Waals surface area contributed by atoms with Crippen LogP contribution in [0.3, 0.4) is 0 Å². The molecule has 4 aliphatic rings. The average molecular weight is 264 g/mol. The van der Waals surface area contributed by atoms with E-state index in [0.29, 0.717) is 12.2 Å². The molecular weight excluding hydrogens is 236 g/mol. The molecule has 0 atom stereocenters. The van der Waals surface area contributed by atoms with Gasteiger partial charge in [-0.3, -0.25) is 4.79 Å². The summed E-state index contributed by atoms with van der Waals surface area (Å²) in [7, 11) is 1.75. The second-order valence-corrected chi connectivity index (χ2v) is 8.08. The lowest BCUT2D eigenvalue weighted by Crippen LogP contribution is -2.50. The normalized spacial score (nSPS) is 40.7. The maximum Gasteiger partial charge on any atom is 0.139 e. The monoisotopic (exact) mass is 264 g/mol. The fourth-order valence-corrected chi connectivity index (χ4v) is 5.23. The Morgan fingerprint density at radius 1 is 1.11 bits per heavy atom. The Kier molecular flexibility index (Phi) is 3.28. The SMILES string of the molecule is COC(C)(C)CCC(=O)C12CC3CC(CC(C3)C1)C2. The highest BCUT2D eigenvalue weighted by Crippen LogP contribution is 2.60. The van der Waals surface area contributed by atoms with Crippen molar-refractivity contribution in [1.82, 2.24) is 0 Å². The lowest BCUT2D eigenvalue weighted by Gasteiger charge is -2.56. The van der Waals surface area contributed by atoms with Gasteiger partial charge in [0.2, 0.25) is 0 Å². The summed E-state index contributed by atoms with van der Waals surface area (Å²) < 4.78 is 5.45. The van der Waals surface area contributed by atoms with E-state index in [-0.39, 0.29) is 11.0 Å². The molecule has 4 bridgehead atoms. The van der Waals surface area contributed by atoms with Gasteiger partial charge in [0.25, 0.3) is 0 Å². The van der Waals surface area contributed by atoms with Crippen LogP contribution in [0, 0.1) is 23.2 Å². The van der Waals surface area contributed by atoms with E-state index in [1.807, 2.05) is 0 Å². The smallest absolute Gasteiger partial charge is 0.139 e. The standard InChI is InChI=1S/C17H28O2/c1-16(2,19-3)5-4-15(18)17-9-12-6-13(10-17)8-14(7-12)11-17/h12-14H,4-11H2,1-3H3. The van der Waals surface area contributed by atoms with E-state index in [4.69, 9.17) is 4.74 Å². The van der Waals surface area contributed by atoms with Crippen molar-refractivity contribution in [2.24, 2.45) is 23.2 Å². The quantitative estimate of drug-likeness (QED) is 0.751. The van der Waals surface area contributed by atoms with Gasteiger partial charge in [0.05, 0.1) is 5.60 Å². The molecule has 0 aromatic heterocycles. The van der Waals surface area contributed by atoms with E-state index in [1.165, 1.54) is 38.5 Å². The van der Waals surface area contributed by atoms with Gasteiger partial charge in [0.15, 0.2) is 0 Å². The third kappa shape index (κ3) is 2.49. The predicted molar refractivity (Wildman–Crippen MR) is 75.9 cm³/mol. The molecule has 4 fully saturated rings. The van der Waals surface area contributed by atoms with Crippen LogP contribution in [0.15, 0.2) is 0 Å². The second-order valence-electron chi connectivity index (χ2n) is 8.08. The number of ketones is 1. The zero-order valence-electron chi connectivity index (χ0n) is 12.7. The van der Waals surface area contributed by atoms with Gasteiger partial charge in [-0.2, -0.15) is 0 Å². The van der Waals surface area contributed by atoms with Crippen LogP contribution in [0.4, 0.5) is 0 Å². The fraction of sp³-hybridized carbons (Fsp3) is 0.941. The zero-order chi connectivity index (χ0) is 13.7. The predicted octanol–water partition coefficient (Wildman–Crippen LogP) is 3.98. The van der Waals surface area contributed by atoms with Crippen LogP contribution in [0.5, 0.6) is 0 Å². The molecule has 0 heterocycles. The van der Waals surface area contributed by atoms with E-state index >= 15 is 0 Å². The molecule has 2 heteroatoms. The number of methoxy groups -OCH3 is 1. The summed E-state index contributed by atoms with van der Waals surface area (Å²) in [5.41, 5.74) is -0.0729. The minimum absolute atomic E-state index is 0.0819. The Morgan fingerprint density at radius 2 is 1.58 bits per heavy atom. The summed E-state index contributed by atoms with van der Waals surface area (Å²) in [6.07, 6.45) is 9.42. The summed E-state index contributed by atoms with van der Waals surface area (Å²) in [6.45, 7) is 4.17. The van der Waals surface area contributed by atoms with Gasteiger partial charge in [-0.1, -0.05) is 0 Å². The molecule has 0 aliphatic heterocycles. The molecule has 4 aliphatic carbocycles. The molecule has 2 nitrogen and oxygen atoms in total. The molecule has 19 heavy (non-hydrogen) atoms. The maximum absolute atomic E-state index is 12.8. The minimum Gasteiger partial charge on any atom is -0.379 e. The number of ether oxygens (including phenoxy) is 1. The lowest BCUT2D eigenvalue weighted by atomic mass is 9.48. The first-order valence-electron chi connectivity index (χ1n) is 8.01. The largest absolute Gasteiger partial charge is 0.379 e. The van der Waals surface area contributed by atoms with Gasteiger partial charge in [-0.25, -0.2) is 0 Å². The molecule has 0 N–H and O–H groups in total. The summed E-state index contributed by atoms with van der Waals surface area (Å²) >= 11 is 0. The van der Waals surface area contributed by atoms with Gasteiger partial charge in [0.1, 0.15) is 5.78 Å². The number of hydrogen-bond donors (Lipinski definition) is 0. The van der Waals surface area contributed by atoms with Crippen molar-refractivity contribution < 1.29 is 9.53 Å². The molecular formula is C17H28O2. The van der Waals surface area contributed by atoms with Gasteiger partial charge < -0.3 is 4.74 Å². The van der Waals surface area contributed by atoms with Gasteiger partial charge in [-0.15, -0.1) is 0 Å². The van der Waals surface area contributed by atoms with E-state index in [2.05, 4.69) is 13.8 Å². The molecule has 0 radical (unpaired) electrons. The van der Waals surface area contributed by atoms with Gasteiger partial charge >= 0.3 is 0 Å². The second kappa shape index (κ2) is 4.58. The molecule has 108 valence electrons. The van der Waals surface area contributed by atoms with E-state index in [9.17, 15) is 4.79 Å². The van der Waals surface area contributed by atoms with Crippen molar-refractivity contribution in [2.45, 2.75) is 70.8 Å². The maximum atomic E-state index is 12.8. The summed E-state index contributed by atoms with van der Waals surface area (Å²) in [4.78, 5) is 12.8.